The number of halogens is 3. The number of anilines is 1. The van der Waals surface area contributed by atoms with Gasteiger partial charge in [-0.25, -0.2) is 4.68 Å². The molecule has 0 aliphatic heterocycles. The third kappa shape index (κ3) is 4.43. The Balaban J connectivity index is 1.81. The Labute approximate surface area is 152 Å². The van der Waals surface area contributed by atoms with Gasteiger partial charge in [-0.05, 0) is 43.7 Å². The first-order valence-electron chi connectivity index (χ1n) is 7.89. The maximum atomic E-state index is 12.5. The van der Waals surface area contributed by atoms with E-state index in [-0.39, 0.29) is 11.4 Å². The molecule has 1 N–H and O–H groups in total. The summed E-state index contributed by atoms with van der Waals surface area (Å²) >= 11 is 0. The van der Waals surface area contributed by atoms with Crippen LogP contribution in [0.15, 0.2) is 48.5 Å². The normalized spacial score (nSPS) is 11.3. The van der Waals surface area contributed by atoms with E-state index in [1.54, 1.807) is 6.92 Å². The zero-order chi connectivity index (χ0) is 19.6. The van der Waals surface area contributed by atoms with E-state index in [1.165, 1.54) is 16.8 Å². The number of ether oxygens (including phenoxy) is 1. The summed E-state index contributed by atoms with van der Waals surface area (Å²) in [7, 11) is 0. The molecule has 6 nitrogen and oxygen atoms in total. The summed E-state index contributed by atoms with van der Waals surface area (Å²) in [5.41, 5.74) is 2.49. The van der Waals surface area contributed by atoms with Gasteiger partial charge in [0, 0.05) is 11.8 Å². The lowest BCUT2D eigenvalue weighted by atomic mass is 10.2. The second-order valence-electron chi connectivity index (χ2n) is 5.80. The Kier molecular flexibility index (Phi) is 4.85. The highest BCUT2D eigenvalue weighted by molar-refractivity contribution is 6.03. The average Bonchev–Trinajstić information content (AvgIpc) is 2.95. The molecule has 3 rings (SSSR count). The molecule has 140 valence electrons. The molecule has 0 saturated carbocycles. The quantitative estimate of drug-likeness (QED) is 0.746. The summed E-state index contributed by atoms with van der Waals surface area (Å²) in [4.78, 5) is 12.5. The van der Waals surface area contributed by atoms with Crippen molar-refractivity contribution in [3.63, 3.8) is 0 Å². The molecular formula is C18H15F3N4O2. The van der Waals surface area contributed by atoms with Crippen molar-refractivity contribution >= 4 is 11.6 Å². The fraction of sp³-hybridized carbons (Fsp3) is 0.167. The zero-order valence-electron chi connectivity index (χ0n) is 14.4. The van der Waals surface area contributed by atoms with Crippen LogP contribution in [0.2, 0.25) is 0 Å². The van der Waals surface area contributed by atoms with Crippen LogP contribution >= 0.6 is 0 Å². The van der Waals surface area contributed by atoms with Crippen LogP contribution in [0, 0.1) is 13.8 Å². The standard InChI is InChI=1S/C18H15F3N4O2/c1-11-5-3-7-14(9-11)25-12(2)16(23-24-25)17(26)22-13-6-4-8-15(10-13)27-18(19,20)21/h3-10H,1-2H3,(H,22,26). The summed E-state index contributed by atoms with van der Waals surface area (Å²) in [6.45, 7) is 3.61. The number of amides is 1. The number of hydrogen-bond acceptors (Lipinski definition) is 4. The predicted molar refractivity (Wildman–Crippen MR) is 91.9 cm³/mol. The molecule has 0 spiro atoms. The largest absolute Gasteiger partial charge is 0.573 e. The van der Waals surface area contributed by atoms with Crippen LogP contribution in [0.1, 0.15) is 21.7 Å². The fourth-order valence-corrected chi connectivity index (χ4v) is 2.51. The third-order valence-corrected chi connectivity index (χ3v) is 3.68. The number of rotatable bonds is 4. The van der Waals surface area contributed by atoms with Crippen molar-refractivity contribution in [2.75, 3.05) is 5.32 Å². The molecule has 0 unspecified atom stereocenters. The van der Waals surface area contributed by atoms with E-state index in [1.807, 2.05) is 31.2 Å². The number of aryl methyl sites for hydroxylation is 1. The summed E-state index contributed by atoms with van der Waals surface area (Å²) in [6, 6.07) is 12.5. The topological polar surface area (TPSA) is 69.0 Å². The highest BCUT2D eigenvalue weighted by Gasteiger charge is 2.31. The van der Waals surface area contributed by atoms with Gasteiger partial charge in [-0.1, -0.05) is 23.4 Å². The zero-order valence-corrected chi connectivity index (χ0v) is 14.4. The predicted octanol–water partition coefficient (Wildman–Crippen LogP) is 4.04. The van der Waals surface area contributed by atoms with Crippen molar-refractivity contribution in [1.82, 2.24) is 15.0 Å². The number of carbonyl (C=O) groups excluding carboxylic acids is 1. The summed E-state index contributed by atoms with van der Waals surface area (Å²) in [5, 5.41) is 10.4. The Morgan fingerprint density at radius 1 is 1.11 bits per heavy atom. The molecule has 0 aliphatic carbocycles. The van der Waals surface area contributed by atoms with E-state index in [9.17, 15) is 18.0 Å². The molecule has 9 heteroatoms. The molecule has 2 aromatic carbocycles. The molecular weight excluding hydrogens is 361 g/mol. The van der Waals surface area contributed by atoms with Crippen molar-refractivity contribution in [2.24, 2.45) is 0 Å². The highest BCUT2D eigenvalue weighted by Crippen LogP contribution is 2.25. The molecule has 0 radical (unpaired) electrons. The molecule has 0 aliphatic rings. The second kappa shape index (κ2) is 7.10. The van der Waals surface area contributed by atoms with E-state index < -0.39 is 18.0 Å². The molecule has 0 bridgehead atoms. The van der Waals surface area contributed by atoms with E-state index >= 15 is 0 Å². The number of hydrogen-bond donors (Lipinski definition) is 1. The molecule has 0 atom stereocenters. The van der Waals surface area contributed by atoms with Gasteiger partial charge in [0.25, 0.3) is 5.91 Å². The third-order valence-electron chi connectivity index (χ3n) is 3.68. The van der Waals surface area contributed by atoms with Crippen molar-refractivity contribution in [3.05, 3.63) is 65.5 Å². The van der Waals surface area contributed by atoms with Crippen molar-refractivity contribution in [1.29, 1.82) is 0 Å². The molecule has 3 aromatic rings. The number of benzene rings is 2. The van der Waals surface area contributed by atoms with Crippen molar-refractivity contribution in [3.8, 4) is 11.4 Å². The minimum atomic E-state index is -4.81. The molecule has 1 heterocycles. The second-order valence-corrected chi connectivity index (χ2v) is 5.80. The van der Waals surface area contributed by atoms with Crippen LogP contribution in [-0.2, 0) is 0 Å². The molecule has 1 aromatic heterocycles. The minimum absolute atomic E-state index is 0.0682. The molecule has 0 saturated heterocycles. The Morgan fingerprint density at radius 3 is 2.56 bits per heavy atom. The lowest BCUT2D eigenvalue weighted by Crippen LogP contribution is -2.18. The van der Waals surface area contributed by atoms with Crippen molar-refractivity contribution < 1.29 is 22.7 Å². The van der Waals surface area contributed by atoms with Crippen LogP contribution in [0.25, 0.3) is 5.69 Å². The lowest BCUT2D eigenvalue weighted by Gasteiger charge is -2.10. The van der Waals surface area contributed by atoms with Gasteiger partial charge in [0.15, 0.2) is 5.69 Å². The maximum absolute atomic E-state index is 12.5. The first kappa shape index (κ1) is 18.4. The van der Waals surface area contributed by atoms with Crippen LogP contribution in [0.3, 0.4) is 0 Å². The van der Waals surface area contributed by atoms with Gasteiger partial charge < -0.3 is 10.1 Å². The number of nitrogens with zero attached hydrogens (tertiary/aromatic N) is 3. The minimum Gasteiger partial charge on any atom is -0.406 e. The highest BCUT2D eigenvalue weighted by atomic mass is 19.4. The molecule has 27 heavy (non-hydrogen) atoms. The van der Waals surface area contributed by atoms with Gasteiger partial charge in [-0.3, -0.25) is 4.79 Å². The van der Waals surface area contributed by atoms with Crippen LogP contribution < -0.4 is 10.1 Å². The van der Waals surface area contributed by atoms with Gasteiger partial charge in [0.1, 0.15) is 5.75 Å². The number of carbonyl (C=O) groups is 1. The van der Waals surface area contributed by atoms with Gasteiger partial charge in [-0.2, -0.15) is 0 Å². The first-order chi connectivity index (χ1) is 12.7. The van der Waals surface area contributed by atoms with Gasteiger partial charge in [0.05, 0.1) is 11.4 Å². The maximum Gasteiger partial charge on any atom is 0.573 e. The Morgan fingerprint density at radius 2 is 1.85 bits per heavy atom. The Bertz CT molecular complexity index is 983. The first-order valence-corrected chi connectivity index (χ1v) is 7.89. The van der Waals surface area contributed by atoms with E-state index in [0.717, 1.165) is 23.4 Å². The number of aromatic nitrogens is 3. The van der Waals surface area contributed by atoms with Crippen LogP contribution in [0.5, 0.6) is 5.75 Å². The summed E-state index contributed by atoms with van der Waals surface area (Å²) in [6.07, 6.45) is -4.81. The van der Waals surface area contributed by atoms with Crippen LogP contribution in [0.4, 0.5) is 18.9 Å². The van der Waals surface area contributed by atoms with Gasteiger partial charge >= 0.3 is 6.36 Å². The average molecular weight is 376 g/mol. The molecule has 1 amide bonds. The number of nitrogens with one attached hydrogen (secondary N) is 1. The lowest BCUT2D eigenvalue weighted by molar-refractivity contribution is -0.274. The monoisotopic (exact) mass is 376 g/mol. The fourth-order valence-electron chi connectivity index (χ4n) is 2.51. The van der Waals surface area contributed by atoms with Crippen LogP contribution in [-0.4, -0.2) is 27.3 Å². The smallest absolute Gasteiger partial charge is 0.406 e. The van der Waals surface area contributed by atoms with E-state index in [2.05, 4.69) is 20.4 Å². The Hall–Kier alpha value is -3.36. The summed E-state index contributed by atoms with van der Waals surface area (Å²) in [5.74, 6) is -1.02. The van der Waals surface area contributed by atoms with Crippen molar-refractivity contribution in [2.45, 2.75) is 20.2 Å². The number of alkyl halides is 3. The van der Waals surface area contributed by atoms with Gasteiger partial charge in [0.2, 0.25) is 0 Å². The SMILES string of the molecule is Cc1cccc(-n2nnc(C(=O)Nc3cccc(OC(F)(F)F)c3)c2C)c1. The molecule has 0 fully saturated rings. The summed E-state index contributed by atoms with van der Waals surface area (Å²) < 4.78 is 42.3. The van der Waals surface area contributed by atoms with E-state index in [0.29, 0.717) is 5.69 Å². The van der Waals surface area contributed by atoms with Gasteiger partial charge in [-0.15, -0.1) is 18.3 Å². The van der Waals surface area contributed by atoms with E-state index in [4.69, 9.17) is 0 Å².